The molecule has 0 aliphatic heterocycles. The zero-order valence-corrected chi connectivity index (χ0v) is 14.3. The van der Waals surface area contributed by atoms with E-state index in [1.54, 1.807) is 18.4 Å². The number of rotatable bonds is 5. The van der Waals surface area contributed by atoms with Gasteiger partial charge in [-0.2, -0.15) is 5.10 Å². The normalized spacial score (nSPS) is 10.9. The Labute approximate surface area is 148 Å². The fraction of sp³-hybridized carbons (Fsp3) is 0.111. The summed E-state index contributed by atoms with van der Waals surface area (Å²) >= 11 is 1.62. The van der Waals surface area contributed by atoms with Crippen molar-refractivity contribution in [3.05, 3.63) is 54.0 Å². The largest absolute Gasteiger partial charge is 0.497 e. The predicted octanol–water partition coefficient (Wildman–Crippen LogP) is 3.74. The van der Waals surface area contributed by atoms with Crippen LogP contribution in [0.2, 0.25) is 0 Å². The van der Waals surface area contributed by atoms with E-state index >= 15 is 0 Å². The maximum atomic E-state index is 12.3. The van der Waals surface area contributed by atoms with Crippen LogP contribution in [0, 0.1) is 0 Å². The molecule has 25 heavy (non-hydrogen) atoms. The summed E-state index contributed by atoms with van der Waals surface area (Å²) in [6.07, 6.45) is 1.89. The Bertz CT molecular complexity index is 1020. The number of nitrogens with one attached hydrogen (secondary N) is 2. The summed E-state index contributed by atoms with van der Waals surface area (Å²) in [5, 5.41) is 13.0. The second-order valence-electron chi connectivity index (χ2n) is 5.56. The lowest BCUT2D eigenvalue weighted by atomic mass is 10.2. The molecule has 0 fully saturated rings. The molecule has 1 amide bonds. The van der Waals surface area contributed by atoms with Gasteiger partial charge in [0.05, 0.1) is 17.7 Å². The number of anilines is 1. The van der Waals surface area contributed by atoms with Gasteiger partial charge >= 0.3 is 0 Å². The number of amides is 1. The van der Waals surface area contributed by atoms with Crippen molar-refractivity contribution >= 4 is 34.0 Å². The molecule has 0 saturated heterocycles. The van der Waals surface area contributed by atoms with Crippen molar-refractivity contribution < 1.29 is 9.53 Å². The number of benzene rings is 1. The number of hydrogen-bond acceptors (Lipinski definition) is 4. The van der Waals surface area contributed by atoms with E-state index < -0.39 is 0 Å². The lowest BCUT2D eigenvalue weighted by Crippen LogP contribution is -2.18. The van der Waals surface area contributed by atoms with Crippen molar-refractivity contribution in [2.24, 2.45) is 0 Å². The first-order chi connectivity index (χ1) is 12.2. The average molecular weight is 352 g/mol. The lowest BCUT2D eigenvalue weighted by molar-refractivity contribution is -0.116. The van der Waals surface area contributed by atoms with E-state index in [1.165, 1.54) is 0 Å². The summed E-state index contributed by atoms with van der Waals surface area (Å²) < 4.78 is 7.12. The highest BCUT2D eigenvalue weighted by molar-refractivity contribution is 7.13. The van der Waals surface area contributed by atoms with Gasteiger partial charge in [0.25, 0.3) is 0 Å². The third-order valence-electron chi connectivity index (χ3n) is 3.92. The molecule has 2 N–H and O–H groups in total. The van der Waals surface area contributed by atoms with Crippen LogP contribution < -0.4 is 10.1 Å². The van der Waals surface area contributed by atoms with Crippen molar-refractivity contribution in [2.45, 2.75) is 6.54 Å². The number of hydrogen-bond donors (Lipinski definition) is 2. The van der Waals surface area contributed by atoms with Crippen LogP contribution in [0.5, 0.6) is 5.75 Å². The quantitative estimate of drug-likeness (QED) is 0.575. The number of carbonyl (C=O) groups excluding carboxylic acids is 1. The van der Waals surface area contributed by atoms with E-state index in [2.05, 4.69) is 15.5 Å². The fourth-order valence-electron chi connectivity index (χ4n) is 2.72. The van der Waals surface area contributed by atoms with E-state index in [-0.39, 0.29) is 12.5 Å². The first-order valence-electron chi connectivity index (χ1n) is 7.75. The highest BCUT2D eigenvalue weighted by Crippen LogP contribution is 2.25. The van der Waals surface area contributed by atoms with Crippen molar-refractivity contribution in [2.75, 3.05) is 12.4 Å². The summed E-state index contributed by atoms with van der Waals surface area (Å²) in [6, 6.07) is 13.6. The Morgan fingerprint density at radius 3 is 3.04 bits per heavy atom. The van der Waals surface area contributed by atoms with E-state index in [4.69, 9.17) is 4.74 Å². The Morgan fingerprint density at radius 1 is 1.32 bits per heavy atom. The minimum atomic E-state index is -0.127. The molecule has 3 heterocycles. The molecular formula is C18H16N4O2S. The molecule has 126 valence electrons. The number of carbonyl (C=O) groups is 1. The van der Waals surface area contributed by atoms with Gasteiger partial charge in [-0.1, -0.05) is 6.07 Å². The first kappa shape index (κ1) is 15.5. The van der Waals surface area contributed by atoms with Gasteiger partial charge in [-0.25, -0.2) is 0 Å². The Hall–Kier alpha value is -3.06. The topological polar surface area (TPSA) is 71.9 Å². The smallest absolute Gasteiger partial charge is 0.245 e. The molecule has 7 heteroatoms. The van der Waals surface area contributed by atoms with Crippen LogP contribution in [0.25, 0.3) is 21.5 Å². The maximum absolute atomic E-state index is 12.3. The summed E-state index contributed by atoms with van der Waals surface area (Å²) in [4.78, 5) is 13.4. The molecule has 0 atom stereocenters. The number of aromatic amines is 1. The van der Waals surface area contributed by atoms with E-state index in [0.29, 0.717) is 5.82 Å². The number of H-pyrrole nitrogens is 1. The second-order valence-corrected chi connectivity index (χ2v) is 6.51. The van der Waals surface area contributed by atoms with Crippen LogP contribution in [0.3, 0.4) is 0 Å². The number of methoxy groups -OCH3 is 1. The van der Waals surface area contributed by atoms with Gasteiger partial charge in [0.15, 0.2) is 5.82 Å². The van der Waals surface area contributed by atoms with Crippen molar-refractivity contribution in [3.63, 3.8) is 0 Å². The highest BCUT2D eigenvalue weighted by Gasteiger charge is 2.10. The molecule has 3 aromatic heterocycles. The molecule has 0 unspecified atom stereocenters. The standard InChI is InChI=1S/C18H16N4O2S/c1-24-13-4-5-15-12(9-13)6-7-22(15)11-18(23)19-17-10-14(20-21-17)16-3-2-8-25-16/h2-10H,11H2,1H3,(H2,19,20,21,23). The van der Waals surface area contributed by atoms with Gasteiger partial charge in [-0.05, 0) is 35.7 Å². The second kappa shape index (κ2) is 6.45. The third kappa shape index (κ3) is 3.14. The Kier molecular flexibility index (Phi) is 3.99. The highest BCUT2D eigenvalue weighted by atomic mass is 32.1. The molecule has 1 aromatic carbocycles. The van der Waals surface area contributed by atoms with Gasteiger partial charge in [0, 0.05) is 23.2 Å². The molecule has 0 aliphatic carbocycles. The lowest BCUT2D eigenvalue weighted by Gasteiger charge is -2.06. The Balaban J connectivity index is 1.47. The number of thiophene rings is 1. The van der Waals surface area contributed by atoms with E-state index in [1.807, 2.05) is 58.6 Å². The molecule has 0 bridgehead atoms. The monoisotopic (exact) mass is 352 g/mol. The van der Waals surface area contributed by atoms with Crippen LogP contribution in [-0.2, 0) is 11.3 Å². The van der Waals surface area contributed by atoms with Crippen LogP contribution >= 0.6 is 11.3 Å². The van der Waals surface area contributed by atoms with Crippen LogP contribution in [0.1, 0.15) is 0 Å². The van der Waals surface area contributed by atoms with Crippen LogP contribution in [0.4, 0.5) is 5.82 Å². The fourth-order valence-corrected chi connectivity index (χ4v) is 3.42. The van der Waals surface area contributed by atoms with Gasteiger partial charge in [-0.3, -0.25) is 9.89 Å². The zero-order chi connectivity index (χ0) is 17.2. The van der Waals surface area contributed by atoms with Crippen molar-refractivity contribution in [3.8, 4) is 16.3 Å². The maximum Gasteiger partial charge on any atom is 0.245 e. The molecule has 0 saturated carbocycles. The molecular weight excluding hydrogens is 336 g/mol. The molecule has 0 aliphatic rings. The SMILES string of the molecule is COc1ccc2c(ccn2CC(=O)Nc2cc(-c3cccs3)[nH]n2)c1. The van der Waals surface area contributed by atoms with Crippen LogP contribution in [-0.4, -0.2) is 27.8 Å². The third-order valence-corrected chi connectivity index (χ3v) is 4.83. The van der Waals surface area contributed by atoms with E-state index in [0.717, 1.165) is 27.2 Å². The molecule has 4 aromatic rings. The number of aromatic nitrogens is 3. The first-order valence-corrected chi connectivity index (χ1v) is 8.63. The van der Waals surface area contributed by atoms with Crippen molar-refractivity contribution in [1.82, 2.24) is 14.8 Å². The average Bonchev–Trinajstić information content (AvgIpc) is 3.35. The minimum Gasteiger partial charge on any atom is -0.497 e. The van der Waals surface area contributed by atoms with Gasteiger partial charge < -0.3 is 14.6 Å². The molecule has 6 nitrogen and oxygen atoms in total. The minimum absolute atomic E-state index is 0.127. The summed E-state index contributed by atoms with van der Waals surface area (Å²) in [5.41, 5.74) is 1.88. The number of fused-ring (bicyclic) bond motifs is 1. The van der Waals surface area contributed by atoms with Gasteiger partial charge in [0.2, 0.25) is 5.91 Å². The van der Waals surface area contributed by atoms with E-state index in [9.17, 15) is 4.79 Å². The van der Waals surface area contributed by atoms with Gasteiger partial charge in [-0.15, -0.1) is 11.3 Å². The summed E-state index contributed by atoms with van der Waals surface area (Å²) in [6.45, 7) is 0.219. The summed E-state index contributed by atoms with van der Waals surface area (Å²) in [5.74, 6) is 1.19. The molecule has 4 rings (SSSR count). The van der Waals surface area contributed by atoms with Crippen LogP contribution in [0.15, 0.2) is 54.0 Å². The summed E-state index contributed by atoms with van der Waals surface area (Å²) in [7, 11) is 1.64. The zero-order valence-electron chi connectivity index (χ0n) is 13.5. The Morgan fingerprint density at radius 2 is 2.24 bits per heavy atom. The molecule has 0 radical (unpaired) electrons. The number of ether oxygens (including phenoxy) is 1. The predicted molar refractivity (Wildman–Crippen MR) is 99.0 cm³/mol. The number of nitrogens with zero attached hydrogens (tertiary/aromatic N) is 2. The molecule has 0 spiro atoms. The van der Waals surface area contributed by atoms with Crippen molar-refractivity contribution in [1.29, 1.82) is 0 Å². The van der Waals surface area contributed by atoms with Gasteiger partial charge in [0.1, 0.15) is 12.3 Å².